The zero-order valence-corrected chi connectivity index (χ0v) is 9.68. The minimum absolute atomic E-state index is 0.583. The predicted molar refractivity (Wildman–Crippen MR) is 55.5 cm³/mol. The number of urea groups is 1. The van der Waals surface area contributed by atoms with E-state index in [4.69, 9.17) is 15.0 Å². The van der Waals surface area contributed by atoms with Crippen molar-refractivity contribution in [3.63, 3.8) is 0 Å². The zero-order valence-electron chi connectivity index (χ0n) is 8.86. The van der Waals surface area contributed by atoms with Crippen molar-refractivity contribution in [1.82, 2.24) is 0 Å². The summed E-state index contributed by atoms with van der Waals surface area (Å²) in [6, 6.07) is 1.71. The molecule has 0 aliphatic carbocycles. The number of benzene rings is 1. The number of carboxylic acids is 1. The van der Waals surface area contributed by atoms with Crippen LogP contribution < -0.4 is 11.5 Å². The number of rotatable bonds is 2. The summed E-state index contributed by atoms with van der Waals surface area (Å²) < 4.78 is 31.5. The van der Waals surface area contributed by atoms with Crippen LogP contribution in [0.5, 0.6) is 5.75 Å². The summed E-state index contributed by atoms with van der Waals surface area (Å²) >= 11 is 0. The molecular formula is C8H10N2O7S. The van der Waals surface area contributed by atoms with Crippen molar-refractivity contribution in [1.29, 1.82) is 0 Å². The van der Waals surface area contributed by atoms with Crippen LogP contribution in [-0.2, 0) is 10.1 Å². The number of aromatic carboxylic acids is 1. The first-order valence-corrected chi connectivity index (χ1v) is 5.60. The van der Waals surface area contributed by atoms with E-state index in [1.165, 1.54) is 0 Å². The van der Waals surface area contributed by atoms with Crippen molar-refractivity contribution < 1.29 is 38.5 Å². The molecule has 9 nitrogen and oxygen atoms in total. The molecule has 1 aromatic carbocycles. The highest BCUT2D eigenvalue weighted by molar-refractivity contribution is 7.85. The normalized spacial score (nSPS) is 10.1. The Labute approximate surface area is 101 Å². The zero-order chi connectivity index (χ0) is 14.5. The van der Waals surface area contributed by atoms with E-state index in [9.17, 15) is 17.8 Å². The van der Waals surface area contributed by atoms with Gasteiger partial charge in [-0.3, -0.25) is 5.73 Å². The number of carbonyl (C=O) groups excluding carboxylic acids is 1. The average Bonchev–Trinajstić information content (AvgIpc) is 2.14. The molecule has 0 bridgehead atoms. The first kappa shape index (κ1) is 15.8. The Hall–Kier alpha value is -2.17. The molecule has 0 unspecified atom stereocenters. The molecule has 0 aliphatic rings. The maximum atomic E-state index is 10.5. The molecule has 0 atom stereocenters. The predicted octanol–water partition coefficient (Wildman–Crippen LogP) is -1.70. The van der Waals surface area contributed by atoms with Gasteiger partial charge in [0.1, 0.15) is 21.4 Å². The van der Waals surface area contributed by atoms with Crippen molar-refractivity contribution in [2.75, 3.05) is 0 Å². The number of hydrogen-bond acceptors (Lipinski definition) is 6. The second kappa shape index (κ2) is 5.95. The molecule has 10 heteroatoms. The minimum atomic E-state index is -4.70. The Morgan fingerprint density at radius 2 is 1.78 bits per heavy atom. The Balaban J connectivity index is 0.000000631. The van der Waals surface area contributed by atoms with Gasteiger partial charge in [0, 0.05) is 0 Å². The van der Waals surface area contributed by atoms with Crippen LogP contribution in [0, 0.1) is 0 Å². The molecule has 1 rings (SSSR count). The summed E-state index contributed by atoms with van der Waals surface area (Å²) in [4.78, 5) is 18.9. The van der Waals surface area contributed by atoms with E-state index < -0.39 is 38.3 Å². The Morgan fingerprint density at radius 3 is 2.11 bits per heavy atom. The summed E-state index contributed by atoms with van der Waals surface area (Å²) in [6.07, 6.45) is 0. The van der Waals surface area contributed by atoms with Crippen molar-refractivity contribution in [3.05, 3.63) is 23.8 Å². The number of quaternary nitrogens is 1. The highest BCUT2D eigenvalue weighted by Crippen LogP contribution is 2.20. The lowest BCUT2D eigenvalue weighted by Crippen LogP contribution is -2.60. The van der Waals surface area contributed by atoms with Crippen molar-refractivity contribution in [3.8, 4) is 5.75 Å². The van der Waals surface area contributed by atoms with Gasteiger partial charge in [-0.2, -0.15) is 0 Å². The highest BCUT2D eigenvalue weighted by atomic mass is 32.2. The Bertz CT molecular complexity index is 563. The summed E-state index contributed by atoms with van der Waals surface area (Å²) in [5, 5.41) is 17.5. The summed E-state index contributed by atoms with van der Waals surface area (Å²) in [6.45, 7) is 0. The molecule has 0 saturated carbocycles. The maximum Gasteiger partial charge on any atom is 0.409 e. The molecule has 0 radical (unpaired) electrons. The lowest BCUT2D eigenvalue weighted by molar-refractivity contribution is -0.245. The molecule has 1 aromatic rings. The third-order valence-electron chi connectivity index (χ3n) is 1.49. The van der Waals surface area contributed by atoms with Gasteiger partial charge < -0.3 is 20.5 Å². The van der Waals surface area contributed by atoms with E-state index in [1.54, 1.807) is 0 Å². The second-order valence-electron chi connectivity index (χ2n) is 2.90. The number of carboxylic acid groups (broad SMARTS) is 1. The monoisotopic (exact) mass is 278 g/mol. The fraction of sp³-hybridized carbons (Fsp3) is 0. The van der Waals surface area contributed by atoms with E-state index in [0.29, 0.717) is 6.07 Å². The highest BCUT2D eigenvalue weighted by Gasteiger charge is 2.12. The van der Waals surface area contributed by atoms with E-state index in [0.717, 1.165) is 12.1 Å². The van der Waals surface area contributed by atoms with Crippen molar-refractivity contribution in [2.45, 2.75) is 4.90 Å². The molecule has 2 amide bonds. The van der Waals surface area contributed by atoms with Crippen molar-refractivity contribution in [2.24, 2.45) is 5.73 Å². The fourth-order valence-corrected chi connectivity index (χ4v) is 1.34. The number of primary amides is 1. The lowest BCUT2D eigenvalue weighted by Gasteiger charge is -2.08. The number of amides is 2. The lowest BCUT2D eigenvalue weighted by atomic mass is 10.2. The van der Waals surface area contributed by atoms with Gasteiger partial charge in [0.25, 0.3) is 0 Å². The van der Waals surface area contributed by atoms with Gasteiger partial charge in [-0.1, -0.05) is 0 Å². The van der Waals surface area contributed by atoms with E-state index in [2.05, 4.69) is 11.5 Å². The molecule has 0 saturated heterocycles. The van der Waals surface area contributed by atoms with Crippen LogP contribution in [0.3, 0.4) is 0 Å². The van der Waals surface area contributed by atoms with Crippen LogP contribution in [0.2, 0.25) is 0 Å². The van der Waals surface area contributed by atoms with Gasteiger partial charge in [-0.05, 0) is 18.2 Å². The van der Waals surface area contributed by atoms with Crippen LogP contribution in [0.25, 0.3) is 0 Å². The van der Waals surface area contributed by atoms with E-state index >= 15 is 0 Å². The molecule has 18 heavy (non-hydrogen) atoms. The quantitative estimate of drug-likeness (QED) is 0.464. The molecule has 7 N–H and O–H groups in total. The number of carbonyl (C=O) groups is 2. The Kier molecular flexibility index (Phi) is 5.23. The standard InChI is InChI=1S/C7H6O6S.CH4N2O/c8-6-2-1-4(14(11,12)13)3-5(6)7(9)10;2-1(3)4/h1-3,8H,(H,9,10)(H,11,12,13);(H4,2,3,4). The van der Waals surface area contributed by atoms with Crippen LogP contribution in [0.4, 0.5) is 4.79 Å². The van der Waals surface area contributed by atoms with Gasteiger partial charge in [0.2, 0.25) is 0 Å². The summed E-state index contributed by atoms with van der Waals surface area (Å²) in [5.41, 5.74) is 6.52. The van der Waals surface area contributed by atoms with Gasteiger partial charge in [0.15, 0.2) is 0 Å². The van der Waals surface area contributed by atoms with Crippen LogP contribution in [0.15, 0.2) is 23.1 Å². The van der Waals surface area contributed by atoms with Gasteiger partial charge in [-0.15, -0.1) is 0 Å². The molecule has 0 spiro atoms. The molecule has 0 aromatic heterocycles. The fourth-order valence-electron chi connectivity index (χ4n) is 0.842. The van der Waals surface area contributed by atoms with Gasteiger partial charge in [0.05, 0.1) is 4.90 Å². The first-order chi connectivity index (χ1) is 8.05. The minimum Gasteiger partial charge on any atom is -0.744 e. The molecule has 100 valence electrons. The number of aromatic hydroxyl groups is 1. The first-order valence-electron chi connectivity index (χ1n) is 4.19. The number of hydrogen-bond donors (Lipinski definition) is 4. The number of phenols is 1. The summed E-state index contributed by atoms with van der Waals surface area (Å²) in [7, 11) is -4.70. The van der Waals surface area contributed by atoms with Gasteiger partial charge >= 0.3 is 12.0 Å². The van der Waals surface area contributed by atoms with E-state index in [1.807, 2.05) is 0 Å². The van der Waals surface area contributed by atoms with Crippen molar-refractivity contribution >= 4 is 22.1 Å². The largest absolute Gasteiger partial charge is 0.744 e. The van der Waals surface area contributed by atoms with Gasteiger partial charge in [-0.25, -0.2) is 18.0 Å². The maximum absolute atomic E-state index is 10.5. The third-order valence-corrected chi connectivity index (χ3v) is 2.32. The van der Waals surface area contributed by atoms with Crippen LogP contribution in [0.1, 0.15) is 10.4 Å². The molecule has 0 heterocycles. The topological polar surface area (TPSA) is 185 Å². The Morgan fingerprint density at radius 1 is 1.33 bits per heavy atom. The van der Waals surface area contributed by atoms with E-state index in [-0.39, 0.29) is 0 Å². The van der Waals surface area contributed by atoms with Crippen LogP contribution >= 0.6 is 0 Å². The molecule has 0 fully saturated rings. The SMILES string of the molecule is NC([NH3+])=O.O=C(O)c1cc(S(=O)(=O)[O-])ccc1O. The second-order valence-corrected chi connectivity index (χ2v) is 4.28. The smallest absolute Gasteiger partial charge is 0.409 e. The molecule has 0 aliphatic heterocycles. The number of nitrogens with two attached hydrogens (primary N) is 1. The summed E-state index contributed by atoms with van der Waals surface area (Å²) in [5.74, 6) is -2.10. The third kappa shape index (κ3) is 5.25. The molecular weight excluding hydrogens is 268 g/mol. The van der Waals surface area contributed by atoms with Crippen LogP contribution in [-0.4, -0.2) is 35.2 Å². The average molecular weight is 278 g/mol.